The van der Waals surface area contributed by atoms with Gasteiger partial charge in [-0.25, -0.2) is 0 Å². The highest BCUT2D eigenvalue weighted by atomic mass is 16.5. The monoisotopic (exact) mass is 380 g/mol. The average Bonchev–Trinajstić information content (AvgIpc) is 2.74. The molecule has 0 aromatic heterocycles. The summed E-state index contributed by atoms with van der Waals surface area (Å²) >= 11 is 0. The van der Waals surface area contributed by atoms with E-state index in [1.165, 1.54) is 45.2 Å². The highest BCUT2D eigenvalue weighted by Crippen LogP contribution is 2.45. The molecule has 0 saturated carbocycles. The highest BCUT2D eigenvalue weighted by Gasteiger charge is 2.46. The van der Waals surface area contributed by atoms with Crippen LogP contribution in [-0.2, 0) is 11.2 Å². The quantitative estimate of drug-likeness (QED) is 0.751. The van der Waals surface area contributed by atoms with Crippen LogP contribution >= 0.6 is 0 Å². The summed E-state index contributed by atoms with van der Waals surface area (Å²) in [6, 6.07) is 9.06. The van der Waals surface area contributed by atoms with Crippen molar-refractivity contribution in [1.29, 1.82) is 0 Å². The van der Waals surface area contributed by atoms with E-state index in [0.717, 1.165) is 36.2 Å². The van der Waals surface area contributed by atoms with Crippen molar-refractivity contribution in [2.75, 3.05) is 26.7 Å². The zero-order valence-electron chi connectivity index (χ0n) is 17.0. The van der Waals surface area contributed by atoms with Crippen LogP contribution < -0.4 is 4.74 Å². The molecule has 4 atom stereocenters. The third-order valence-electron chi connectivity index (χ3n) is 7.49. The lowest BCUT2D eigenvalue weighted by Crippen LogP contribution is -2.60. The lowest BCUT2D eigenvalue weighted by molar-refractivity contribution is -0.135. The molecule has 1 amide bonds. The van der Waals surface area contributed by atoms with E-state index in [2.05, 4.69) is 15.9 Å². The van der Waals surface area contributed by atoms with Gasteiger partial charge in [0.25, 0.3) is 0 Å². The van der Waals surface area contributed by atoms with Crippen molar-refractivity contribution in [2.45, 2.75) is 57.0 Å². The SMILES string of the molecule is COc1ccc(CC(=O)N2CCCC3=CC4CC(CN5CCCCC45)C32)cc1. The normalized spacial score (nSPS) is 32.2. The van der Waals surface area contributed by atoms with E-state index in [4.69, 9.17) is 4.74 Å². The van der Waals surface area contributed by atoms with Gasteiger partial charge in [0.15, 0.2) is 0 Å². The van der Waals surface area contributed by atoms with Crippen molar-refractivity contribution in [3.8, 4) is 5.75 Å². The van der Waals surface area contributed by atoms with Crippen molar-refractivity contribution in [3.63, 3.8) is 0 Å². The highest BCUT2D eigenvalue weighted by molar-refractivity contribution is 5.80. The van der Waals surface area contributed by atoms with E-state index in [9.17, 15) is 4.79 Å². The molecule has 28 heavy (non-hydrogen) atoms. The van der Waals surface area contributed by atoms with Crippen LogP contribution in [0.5, 0.6) is 5.75 Å². The Labute approximate surface area is 168 Å². The number of hydrogen-bond acceptors (Lipinski definition) is 3. The van der Waals surface area contributed by atoms with Gasteiger partial charge in [0.05, 0.1) is 19.6 Å². The molecule has 4 nitrogen and oxygen atoms in total. The minimum Gasteiger partial charge on any atom is -0.497 e. The molecule has 4 aliphatic rings. The molecule has 3 aliphatic heterocycles. The van der Waals surface area contributed by atoms with Crippen molar-refractivity contribution in [1.82, 2.24) is 9.80 Å². The largest absolute Gasteiger partial charge is 0.497 e. The van der Waals surface area contributed by atoms with Crippen LogP contribution in [0.2, 0.25) is 0 Å². The molecule has 150 valence electrons. The molecular weight excluding hydrogens is 348 g/mol. The van der Waals surface area contributed by atoms with Gasteiger partial charge in [-0.3, -0.25) is 9.69 Å². The molecule has 1 aromatic rings. The second kappa shape index (κ2) is 7.55. The maximum absolute atomic E-state index is 13.3. The van der Waals surface area contributed by atoms with Crippen LogP contribution in [0.15, 0.2) is 35.9 Å². The maximum Gasteiger partial charge on any atom is 0.227 e. The Bertz CT molecular complexity index is 756. The van der Waals surface area contributed by atoms with Crippen LogP contribution in [0.25, 0.3) is 0 Å². The first-order valence-electron chi connectivity index (χ1n) is 11.1. The van der Waals surface area contributed by atoms with Crippen molar-refractivity contribution in [2.24, 2.45) is 11.8 Å². The maximum atomic E-state index is 13.3. The Hall–Kier alpha value is -1.81. The summed E-state index contributed by atoms with van der Waals surface area (Å²) in [5.41, 5.74) is 2.65. The van der Waals surface area contributed by atoms with Crippen LogP contribution in [0, 0.1) is 11.8 Å². The van der Waals surface area contributed by atoms with Gasteiger partial charge in [-0.1, -0.05) is 30.2 Å². The number of likely N-dealkylation sites (tertiary alicyclic amines) is 1. The van der Waals surface area contributed by atoms with Crippen LogP contribution in [0.4, 0.5) is 0 Å². The van der Waals surface area contributed by atoms with Gasteiger partial charge in [-0.05, 0) is 68.2 Å². The van der Waals surface area contributed by atoms with Gasteiger partial charge in [0.1, 0.15) is 5.75 Å². The average molecular weight is 381 g/mol. The Morgan fingerprint density at radius 2 is 2.00 bits per heavy atom. The Kier molecular flexibility index (Phi) is 4.92. The van der Waals surface area contributed by atoms with Gasteiger partial charge in [0.2, 0.25) is 5.91 Å². The number of hydrogen-bond donors (Lipinski definition) is 0. The number of benzene rings is 1. The second-order valence-electron chi connectivity index (χ2n) is 9.12. The predicted octanol–water partition coefficient (Wildman–Crippen LogP) is 3.66. The standard InChI is InChI=1S/C24H32N2O2/c1-28-21-9-7-17(8-10-21)13-23(27)26-12-4-5-18-14-19-15-20(24(18)26)16-25-11-3-2-6-22(19)25/h7-10,14,19-20,22,24H,2-6,11-13,15-16H2,1H3. The minimum absolute atomic E-state index is 0.292. The van der Waals surface area contributed by atoms with Crippen molar-refractivity contribution in [3.05, 3.63) is 41.5 Å². The number of carbonyl (C=O) groups is 1. The minimum atomic E-state index is 0.292. The molecule has 0 N–H and O–H groups in total. The molecule has 0 spiro atoms. The third-order valence-corrected chi connectivity index (χ3v) is 7.49. The molecular formula is C24H32N2O2. The van der Waals surface area contributed by atoms with E-state index in [1.54, 1.807) is 12.7 Å². The molecule has 3 heterocycles. The third kappa shape index (κ3) is 3.26. The second-order valence-corrected chi connectivity index (χ2v) is 9.12. The molecule has 3 fully saturated rings. The first-order valence-corrected chi connectivity index (χ1v) is 11.1. The topological polar surface area (TPSA) is 32.8 Å². The lowest BCUT2D eigenvalue weighted by atomic mass is 9.68. The van der Waals surface area contributed by atoms with E-state index in [0.29, 0.717) is 24.3 Å². The van der Waals surface area contributed by atoms with Gasteiger partial charge in [-0.2, -0.15) is 0 Å². The van der Waals surface area contributed by atoms with Crippen LogP contribution in [0.1, 0.15) is 44.1 Å². The molecule has 1 aliphatic carbocycles. The Morgan fingerprint density at radius 1 is 1.14 bits per heavy atom. The number of piperidine rings is 3. The van der Waals surface area contributed by atoms with E-state index < -0.39 is 0 Å². The number of ether oxygens (including phenoxy) is 1. The first-order chi connectivity index (χ1) is 13.7. The summed E-state index contributed by atoms with van der Waals surface area (Å²) in [5.74, 6) is 2.48. The van der Waals surface area contributed by atoms with Crippen molar-refractivity contribution >= 4 is 5.91 Å². The summed E-state index contributed by atoms with van der Waals surface area (Å²) in [7, 11) is 1.68. The predicted molar refractivity (Wildman–Crippen MR) is 110 cm³/mol. The van der Waals surface area contributed by atoms with Gasteiger partial charge < -0.3 is 9.64 Å². The molecule has 5 rings (SSSR count). The van der Waals surface area contributed by atoms with Gasteiger partial charge in [-0.15, -0.1) is 0 Å². The molecule has 4 heteroatoms. The fourth-order valence-electron chi connectivity index (χ4n) is 6.27. The number of fused-ring (bicyclic) bond motifs is 6. The number of rotatable bonds is 3. The Morgan fingerprint density at radius 3 is 2.82 bits per heavy atom. The number of methoxy groups -OCH3 is 1. The lowest BCUT2D eigenvalue weighted by Gasteiger charge is -2.54. The molecule has 3 saturated heterocycles. The summed E-state index contributed by atoms with van der Waals surface area (Å²) in [5, 5.41) is 0. The molecule has 4 unspecified atom stereocenters. The molecule has 2 bridgehead atoms. The fourth-order valence-corrected chi connectivity index (χ4v) is 6.27. The zero-order chi connectivity index (χ0) is 19.1. The summed E-state index contributed by atoms with van der Waals surface area (Å²) in [6.45, 7) is 3.37. The van der Waals surface area contributed by atoms with Crippen LogP contribution in [-0.4, -0.2) is 54.5 Å². The first kappa shape index (κ1) is 18.2. The molecule has 0 radical (unpaired) electrons. The van der Waals surface area contributed by atoms with E-state index in [-0.39, 0.29) is 0 Å². The summed E-state index contributed by atoms with van der Waals surface area (Å²) in [6.07, 6.45) is 10.8. The number of nitrogens with zero attached hydrogens (tertiary/aromatic N) is 2. The zero-order valence-corrected chi connectivity index (χ0v) is 17.0. The van der Waals surface area contributed by atoms with Gasteiger partial charge >= 0.3 is 0 Å². The van der Waals surface area contributed by atoms with Crippen molar-refractivity contribution < 1.29 is 9.53 Å². The van der Waals surface area contributed by atoms with E-state index >= 15 is 0 Å². The number of amides is 1. The summed E-state index contributed by atoms with van der Waals surface area (Å²) < 4.78 is 5.24. The van der Waals surface area contributed by atoms with Crippen LogP contribution in [0.3, 0.4) is 0 Å². The number of carbonyl (C=O) groups excluding carboxylic acids is 1. The Balaban J connectivity index is 1.35. The van der Waals surface area contributed by atoms with Gasteiger partial charge in [0, 0.05) is 19.1 Å². The fraction of sp³-hybridized carbons (Fsp3) is 0.625. The summed E-state index contributed by atoms with van der Waals surface area (Å²) in [4.78, 5) is 18.2. The van der Waals surface area contributed by atoms with E-state index in [1.807, 2.05) is 24.3 Å². The molecule has 1 aromatic carbocycles. The smallest absolute Gasteiger partial charge is 0.227 e.